The molecular formula is C28H24. The van der Waals surface area contributed by atoms with Gasteiger partial charge in [-0.05, 0) is 46.2 Å². The molecule has 4 aromatic carbocycles. The highest BCUT2D eigenvalue weighted by Gasteiger charge is 2.31. The highest BCUT2D eigenvalue weighted by molar-refractivity contribution is 5.54. The van der Waals surface area contributed by atoms with E-state index in [0.717, 1.165) is 12.8 Å². The molecule has 0 unspecified atom stereocenters. The Morgan fingerprint density at radius 3 is 0.964 bits per heavy atom. The quantitative estimate of drug-likeness (QED) is 0.378. The topological polar surface area (TPSA) is 0 Å². The highest BCUT2D eigenvalue weighted by atomic mass is 14.3. The van der Waals surface area contributed by atoms with Crippen LogP contribution in [0.4, 0.5) is 0 Å². The van der Waals surface area contributed by atoms with E-state index in [1.165, 1.54) is 33.4 Å². The Balaban J connectivity index is 1.62. The molecular weight excluding hydrogens is 336 g/mol. The van der Waals surface area contributed by atoms with Gasteiger partial charge in [-0.1, -0.05) is 109 Å². The predicted octanol–water partition coefficient (Wildman–Crippen LogP) is 6.75. The minimum Gasteiger partial charge on any atom is -0.0622 e. The first kappa shape index (κ1) is 17.0. The van der Waals surface area contributed by atoms with Crippen LogP contribution in [0, 0.1) is 0 Å². The maximum absolute atomic E-state index is 2.34. The van der Waals surface area contributed by atoms with Crippen LogP contribution in [0.1, 0.15) is 45.2 Å². The van der Waals surface area contributed by atoms with Crippen molar-refractivity contribution in [3.63, 3.8) is 0 Å². The molecule has 0 spiro atoms. The normalized spacial score (nSPS) is 17.6. The van der Waals surface area contributed by atoms with Crippen LogP contribution < -0.4 is 0 Å². The second kappa shape index (κ2) is 7.48. The van der Waals surface area contributed by atoms with Crippen molar-refractivity contribution in [2.45, 2.75) is 24.7 Å². The second-order valence-corrected chi connectivity index (χ2v) is 7.74. The molecule has 1 aliphatic carbocycles. The molecule has 0 heteroatoms. The molecule has 0 amide bonds. The van der Waals surface area contributed by atoms with Gasteiger partial charge in [0.05, 0.1) is 0 Å². The zero-order chi connectivity index (χ0) is 18.8. The molecule has 136 valence electrons. The Bertz CT molecular complexity index is 928. The molecule has 0 atom stereocenters. The van der Waals surface area contributed by atoms with Gasteiger partial charge < -0.3 is 0 Å². The summed E-state index contributed by atoms with van der Waals surface area (Å²) in [6.07, 6.45) is 2.10. The Labute approximate surface area is 167 Å². The van der Waals surface area contributed by atoms with Gasteiger partial charge in [0.1, 0.15) is 0 Å². The molecule has 5 rings (SSSR count). The van der Waals surface area contributed by atoms with Gasteiger partial charge in [0.15, 0.2) is 0 Å². The lowest BCUT2D eigenvalue weighted by molar-refractivity contribution is 0.685. The number of hydrogen-bond donors (Lipinski definition) is 0. The monoisotopic (exact) mass is 360 g/mol. The average molecular weight is 361 g/mol. The fourth-order valence-corrected chi connectivity index (χ4v) is 4.77. The summed E-state index contributed by atoms with van der Waals surface area (Å²) in [4.78, 5) is 0. The molecule has 0 fully saturated rings. The first-order valence-electron chi connectivity index (χ1n) is 10.2. The minimum absolute atomic E-state index is 0.418. The molecule has 0 aromatic heterocycles. The fourth-order valence-electron chi connectivity index (χ4n) is 4.77. The van der Waals surface area contributed by atoms with Crippen molar-refractivity contribution in [2.24, 2.45) is 0 Å². The van der Waals surface area contributed by atoms with Gasteiger partial charge in [0.25, 0.3) is 0 Å². The Morgan fingerprint density at radius 1 is 0.357 bits per heavy atom. The lowest BCUT2D eigenvalue weighted by Crippen LogP contribution is -2.21. The second-order valence-electron chi connectivity index (χ2n) is 7.74. The van der Waals surface area contributed by atoms with Crippen molar-refractivity contribution in [2.75, 3.05) is 0 Å². The number of rotatable bonds is 4. The maximum Gasteiger partial charge on any atom is 0.0136 e. The van der Waals surface area contributed by atoms with E-state index in [0.29, 0.717) is 11.8 Å². The summed E-state index contributed by atoms with van der Waals surface area (Å²) >= 11 is 0. The summed E-state index contributed by atoms with van der Waals surface area (Å²) in [5.41, 5.74) is 8.77. The van der Waals surface area contributed by atoms with Crippen molar-refractivity contribution >= 4 is 0 Å². The van der Waals surface area contributed by atoms with Crippen LogP contribution in [-0.4, -0.2) is 0 Å². The van der Waals surface area contributed by atoms with Crippen molar-refractivity contribution < 1.29 is 0 Å². The molecule has 1 aliphatic rings. The molecule has 28 heavy (non-hydrogen) atoms. The first-order chi connectivity index (χ1) is 13.9. The average Bonchev–Trinajstić information content (AvgIpc) is 2.77. The van der Waals surface area contributed by atoms with E-state index in [1.54, 1.807) is 0 Å². The van der Waals surface area contributed by atoms with Gasteiger partial charge in [-0.15, -0.1) is 0 Å². The lowest BCUT2D eigenvalue weighted by Gasteiger charge is -2.34. The van der Waals surface area contributed by atoms with E-state index >= 15 is 0 Å². The van der Waals surface area contributed by atoms with Gasteiger partial charge >= 0.3 is 0 Å². The smallest absolute Gasteiger partial charge is 0.0136 e. The molecule has 0 heterocycles. The van der Waals surface area contributed by atoms with Gasteiger partial charge in [-0.3, -0.25) is 0 Å². The number of benzene rings is 4. The van der Waals surface area contributed by atoms with Gasteiger partial charge in [0, 0.05) is 11.8 Å². The van der Waals surface area contributed by atoms with E-state index in [1.807, 2.05) is 0 Å². The third-order valence-corrected chi connectivity index (χ3v) is 6.06. The highest BCUT2D eigenvalue weighted by Crippen LogP contribution is 2.45. The Hall–Kier alpha value is -3.12. The van der Waals surface area contributed by atoms with Crippen LogP contribution in [0.5, 0.6) is 0 Å². The first-order valence-corrected chi connectivity index (χ1v) is 10.2. The molecule has 0 nitrogen and oxygen atoms in total. The third-order valence-electron chi connectivity index (χ3n) is 6.06. The number of fused-ring (bicyclic) bond motifs is 2. The van der Waals surface area contributed by atoms with Crippen LogP contribution in [0.15, 0.2) is 109 Å². The molecule has 0 N–H and O–H groups in total. The predicted molar refractivity (Wildman–Crippen MR) is 117 cm³/mol. The van der Waals surface area contributed by atoms with Crippen LogP contribution in [-0.2, 0) is 12.8 Å². The summed E-state index contributed by atoms with van der Waals surface area (Å²) in [6.45, 7) is 0. The zero-order valence-corrected chi connectivity index (χ0v) is 16.0. The molecule has 0 saturated heterocycles. The summed E-state index contributed by atoms with van der Waals surface area (Å²) in [6, 6.07) is 40.0. The summed E-state index contributed by atoms with van der Waals surface area (Å²) in [5, 5.41) is 0. The van der Waals surface area contributed by atoms with Gasteiger partial charge in [-0.25, -0.2) is 0 Å². The number of hydrogen-bond acceptors (Lipinski definition) is 0. The van der Waals surface area contributed by atoms with E-state index in [9.17, 15) is 0 Å². The fraction of sp³-hybridized carbons (Fsp3) is 0.143. The van der Waals surface area contributed by atoms with Gasteiger partial charge in [-0.2, -0.15) is 0 Å². The third kappa shape index (κ3) is 3.16. The molecule has 4 aromatic rings. The van der Waals surface area contributed by atoms with E-state index in [2.05, 4.69) is 109 Å². The van der Waals surface area contributed by atoms with Crippen LogP contribution in [0.2, 0.25) is 0 Å². The van der Waals surface area contributed by atoms with Crippen LogP contribution in [0.25, 0.3) is 0 Å². The minimum atomic E-state index is 0.418. The summed E-state index contributed by atoms with van der Waals surface area (Å²) < 4.78 is 0. The molecule has 0 radical (unpaired) electrons. The van der Waals surface area contributed by atoms with Crippen molar-refractivity contribution in [1.82, 2.24) is 0 Å². The SMILES string of the molecule is c1ccc(CC2c3ccccc3C(Cc3ccccc3)c3ccccc32)cc1. The summed E-state index contributed by atoms with van der Waals surface area (Å²) in [7, 11) is 0. The van der Waals surface area contributed by atoms with Crippen molar-refractivity contribution in [3.8, 4) is 0 Å². The standard InChI is InChI=1S/C28H24/c1-3-11-21(12-4-1)19-27-23-15-7-9-17-25(23)28(20-22-13-5-2-6-14-22)26-18-10-8-16-24(26)27/h1-18,27-28H,19-20H2. The largest absolute Gasteiger partial charge is 0.0622 e. The van der Waals surface area contributed by atoms with E-state index in [4.69, 9.17) is 0 Å². The zero-order valence-electron chi connectivity index (χ0n) is 16.0. The molecule has 0 bridgehead atoms. The summed E-state index contributed by atoms with van der Waals surface area (Å²) in [5.74, 6) is 0.837. The van der Waals surface area contributed by atoms with Gasteiger partial charge in [0.2, 0.25) is 0 Å². The van der Waals surface area contributed by atoms with Crippen molar-refractivity contribution in [1.29, 1.82) is 0 Å². The van der Waals surface area contributed by atoms with E-state index < -0.39 is 0 Å². The lowest BCUT2D eigenvalue weighted by atomic mass is 9.69. The molecule has 0 aliphatic heterocycles. The Morgan fingerprint density at radius 2 is 0.643 bits per heavy atom. The van der Waals surface area contributed by atoms with Crippen LogP contribution in [0.3, 0.4) is 0 Å². The van der Waals surface area contributed by atoms with Crippen molar-refractivity contribution in [3.05, 3.63) is 143 Å². The molecule has 0 saturated carbocycles. The Kier molecular flexibility index (Phi) is 4.54. The van der Waals surface area contributed by atoms with Crippen LogP contribution >= 0.6 is 0 Å². The van der Waals surface area contributed by atoms with E-state index in [-0.39, 0.29) is 0 Å². The maximum atomic E-state index is 2.34.